The van der Waals surface area contributed by atoms with E-state index < -0.39 is 5.69 Å². The fraction of sp³-hybridized carbons (Fsp3) is 0.250. The Morgan fingerprint density at radius 1 is 1.33 bits per heavy atom. The topological polar surface area (TPSA) is 70.7 Å². The Hall–Kier alpha value is -1.88. The number of nitrogens with zero attached hydrogens (tertiary/aromatic N) is 2. The van der Waals surface area contributed by atoms with Crippen LogP contribution in [0.4, 0.5) is 5.82 Å². The van der Waals surface area contributed by atoms with Crippen LogP contribution in [0.15, 0.2) is 29.1 Å². The number of halogens is 1. The number of aromatic amines is 1. The van der Waals surface area contributed by atoms with E-state index in [-0.39, 0.29) is 0 Å². The molecule has 6 heteroatoms. The van der Waals surface area contributed by atoms with Gasteiger partial charge in [-0.1, -0.05) is 23.7 Å². The molecule has 2 aromatic rings. The summed E-state index contributed by atoms with van der Waals surface area (Å²) >= 11 is 5.81. The van der Waals surface area contributed by atoms with Crippen LogP contribution in [0.1, 0.15) is 11.3 Å². The molecule has 18 heavy (non-hydrogen) atoms. The van der Waals surface area contributed by atoms with Gasteiger partial charge in [-0.3, -0.25) is 0 Å². The molecule has 2 rings (SSSR count). The number of hydrogen-bond donors (Lipinski definition) is 2. The summed E-state index contributed by atoms with van der Waals surface area (Å²) in [5.41, 5.74) is 1.39. The zero-order valence-corrected chi connectivity index (χ0v) is 10.7. The lowest BCUT2D eigenvalue weighted by molar-refractivity contribution is 0.870. The van der Waals surface area contributed by atoms with Crippen molar-refractivity contribution in [1.29, 1.82) is 0 Å². The monoisotopic (exact) mass is 264 g/mol. The van der Waals surface area contributed by atoms with Crippen LogP contribution in [0.3, 0.4) is 0 Å². The Bertz CT molecular complexity index is 579. The predicted molar refractivity (Wildman–Crippen MR) is 71.0 cm³/mol. The van der Waals surface area contributed by atoms with Crippen molar-refractivity contribution in [3.63, 3.8) is 0 Å². The largest absolute Gasteiger partial charge is 0.368 e. The third-order valence-corrected chi connectivity index (χ3v) is 2.75. The van der Waals surface area contributed by atoms with E-state index in [2.05, 4.69) is 20.5 Å². The number of H-pyrrole nitrogens is 1. The molecule has 0 aliphatic heterocycles. The van der Waals surface area contributed by atoms with Crippen LogP contribution in [0.25, 0.3) is 0 Å². The molecule has 0 aliphatic carbocycles. The minimum Gasteiger partial charge on any atom is -0.368 e. The number of aryl methyl sites for hydroxylation is 1. The number of hydrogen-bond acceptors (Lipinski definition) is 4. The van der Waals surface area contributed by atoms with E-state index in [0.717, 1.165) is 11.4 Å². The summed E-state index contributed by atoms with van der Waals surface area (Å²) in [4.78, 5) is 14.8. The van der Waals surface area contributed by atoms with E-state index in [1.807, 2.05) is 24.3 Å². The maximum absolute atomic E-state index is 11.0. The van der Waals surface area contributed by atoms with Crippen molar-refractivity contribution in [3.05, 3.63) is 51.0 Å². The number of rotatable bonds is 4. The third-order valence-electron chi connectivity index (χ3n) is 2.49. The highest BCUT2D eigenvalue weighted by molar-refractivity contribution is 6.30. The number of benzene rings is 1. The molecule has 0 saturated heterocycles. The van der Waals surface area contributed by atoms with Gasteiger partial charge in [0.05, 0.1) is 0 Å². The number of aromatic nitrogens is 3. The summed E-state index contributed by atoms with van der Waals surface area (Å²) in [7, 11) is 0. The van der Waals surface area contributed by atoms with Crippen LogP contribution in [0, 0.1) is 6.92 Å². The molecular weight excluding hydrogens is 252 g/mol. The highest BCUT2D eigenvalue weighted by atomic mass is 35.5. The summed E-state index contributed by atoms with van der Waals surface area (Å²) in [6, 6.07) is 7.66. The summed E-state index contributed by atoms with van der Waals surface area (Å²) in [6.07, 6.45) is 0.824. The molecule has 0 bridgehead atoms. The van der Waals surface area contributed by atoms with Crippen molar-refractivity contribution in [3.8, 4) is 0 Å². The summed E-state index contributed by atoms with van der Waals surface area (Å²) in [5.74, 6) is 0.521. The molecule has 0 atom stereocenters. The molecule has 5 nitrogen and oxygen atoms in total. The van der Waals surface area contributed by atoms with Gasteiger partial charge in [0.25, 0.3) is 0 Å². The van der Waals surface area contributed by atoms with Gasteiger partial charge in [0.15, 0.2) is 5.82 Å². The lowest BCUT2D eigenvalue weighted by atomic mass is 10.1. The van der Waals surface area contributed by atoms with Crippen molar-refractivity contribution in [1.82, 2.24) is 15.2 Å². The molecule has 0 amide bonds. The lowest BCUT2D eigenvalue weighted by Crippen LogP contribution is -2.18. The SMILES string of the molecule is Cc1n[nH]c(=O)nc1NCCc1ccc(Cl)cc1. The van der Waals surface area contributed by atoms with E-state index in [9.17, 15) is 4.79 Å². The quantitative estimate of drug-likeness (QED) is 0.883. The molecule has 1 heterocycles. The fourth-order valence-corrected chi connectivity index (χ4v) is 1.66. The highest BCUT2D eigenvalue weighted by Crippen LogP contribution is 2.10. The molecule has 1 aromatic heterocycles. The van der Waals surface area contributed by atoms with E-state index >= 15 is 0 Å². The van der Waals surface area contributed by atoms with Crippen LogP contribution in [0.5, 0.6) is 0 Å². The lowest BCUT2D eigenvalue weighted by Gasteiger charge is -2.06. The first kappa shape index (κ1) is 12.6. The Labute approximate surface area is 109 Å². The van der Waals surface area contributed by atoms with Crippen LogP contribution in [-0.4, -0.2) is 21.7 Å². The zero-order chi connectivity index (χ0) is 13.0. The van der Waals surface area contributed by atoms with Gasteiger partial charge < -0.3 is 5.32 Å². The van der Waals surface area contributed by atoms with Gasteiger partial charge in [0.2, 0.25) is 0 Å². The van der Waals surface area contributed by atoms with E-state index in [0.29, 0.717) is 18.1 Å². The molecular formula is C12H13ClN4O. The maximum Gasteiger partial charge on any atom is 0.363 e. The Kier molecular flexibility index (Phi) is 3.94. The van der Waals surface area contributed by atoms with Crippen molar-refractivity contribution in [2.45, 2.75) is 13.3 Å². The third kappa shape index (κ3) is 3.30. The second-order valence-corrected chi connectivity index (χ2v) is 4.31. The summed E-state index contributed by atoms with van der Waals surface area (Å²) < 4.78 is 0. The first-order valence-electron chi connectivity index (χ1n) is 5.57. The van der Waals surface area contributed by atoms with Crippen LogP contribution < -0.4 is 11.0 Å². The molecule has 0 unspecified atom stereocenters. The minimum absolute atomic E-state index is 0.449. The van der Waals surface area contributed by atoms with Crippen molar-refractivity contribution in [2.24, 2.45) is 0 Å². The van der Waals surface area contributed by atoms with Gasteiger partial charge in [0, 0.05) is 11.6 Å². The van der Waals surface area contributed by atoms with Crippen molar-refractivity contribution >= 4 is 17.4 Å². The molecule has 0 aliphatic rings. The minimum atomic E-state index is -0.449. The predicted octanol–water partition coefficient (Wildman–Crippen LogP) is 1.78. The van der Waals surface area contributed by atoms with Gasteiger partial charge >= 0.3 is 5.69 Å². The fourth-order valence-electron chi connectivity index (χ4n) is 1.54. The molecule has 0 saturated carbocycles. The molecule has 2 N–H and O–H groups in total. The standard InChI is InChI=1S/C12H13ClN4O/c1-8-11(15-12(18)17-16-8)14-7-6-9-2-4-10(13)5-3-9/h2-5H,6-7H2,1H3,(H2,14,15,17,18). The Balaban J connectivity index is 1.94. The normalized spacial score (nSPS) is 10.3. The number of nitrogens with one attached hydrogen (secondary N) is 2. The van der Waals surface area contributed by atoms with Crippen LogP contribution in [0.2, 0.25) is 5.02 Å². The summed E-state index contributed by atoms with van der Waals surface area (Å²) in [6.45, 7) is 2.47. The Morgan fingerprint density at radius 2 is 2.06 bits per heavy atom. The van der Waals surface area contributed by atoms with Gasteiger partial charge in [-0.05, 0) is 31.0 Å². The first-order valence-corrected chi connectivity index (χ1v) is 5.94. The zero-order valence-electron chi connectivity index (χ0n) is 9.90. The van der Waals surface area contributed by atoms with Crippen molar-refractivity contribution < 1.29 is 0 Å². The summed E-state index contributed by atoms with van der Waals surface area (Å²) in [5, 5.41) is 9.93. The first-order chi connectivity index (χ1) is 8.65. The van der Waals surface area contributed by atoms with Crippen molar-refractivity contribution in [2.75, 3.05) is 11.9 Å². The molecule has 0 spiro atoms. The average molecular weight is 265 g/mol. The van der Waals surface area contributed by atoms with E-state index in [4.69, 9.17) is 11.6 Å². The van der Waals surface area contributed by atoms with Gasteiger partial charge in [-0.2, -0.15) is 10.1 Å². The molecule has 0 radical (unpaired) electrons. The van der Waals surface area contributed by atoms with Crippen LogP contribution >= 0.6 is 11.6 Å². The molecule has 0 fully saturated rings. The van der Waals surface area contributed by atoms with E-state index in [1.165, 1.54) is 5.56 Å². The Morgan fingerprint density at radius 3 is 2.78 bits per heavy atom. The van der Waals surface area contributed by atoms with Gasteiger partial charge in [0.1, 0.15) is 5.69 Å². The van der Waals surface area contributed by atoms with Crippen LogP contribution in [-0.2, 0) is 6.42 Å². The molecule has 1 aromatic carbocycles. The smallest absolute Gasteiger partial charge is 0.363 e. The van der Waals surface area contributed by atoms with Gasteiger partial charge in [-0.25, -0.2) is 9.89 Å². The van der Waals surface area contributed by atoms with Gasteiger partial charge in [-0.15, -0.1) is 0 Å². The highest BCUT2D eigenvalue weighted by Gasteiger charge is 2.01. The average Bonchev–Trinajstić information content (AvgIpc) is 2.36. The second kappa shape index (κ2) is 5.64. The molecule has 94 valence electrons. The maximum atomic E-state index is 11.0. The van der Waals surface area contributed by atoms with E-state index in [1.54, 1.807) is 6.92 Å². The number of anilines is 1. The second-order valence-electron chi connectivity index (χ2n) is 3.88.